The van der Waals surface area contributed by atoms with Gasteiger partial charge in [0, 0.05) is 6.54 Å². The Balaban J connectivity index is 2.45. The van der Waals surface area contributed by atoms with E-state index in [1.54, 1.807) is 6.92 Å². The summed E-state index contributed by atoms with van der Waals surface area (Å²) >= 11 is 0. The number of aliphatic carboxylic acids is 1. The molecule has 1 fully saturated rings. The van der Waals surface area contributed by atoms with Crippen LogP contribution in [0.4, 0.5) is 4.79 Å². The number of carboxylic acids is 1. The van der Waals surface area contributed by atoms with Crippen LogP contribution in [0.15, 0.2) is 0 Å². The van der Waals surface area contributed by atoms with Crippen LogP contribution >= 0.6 is 0 Å². The van der Waals surface area contributed by atoms with Gasteiger partial charge in [0.25, 0.3) is 0 Å². The van der Waals surface area contributed by atoms with Gasteiger partial charge in [0.2, 0.25) is 0 Å². The zero-order chi connectivity index (χ0) is 9.84. The SMILES string of the molecule is CCC(CN1CCOC1=O)C(=O)O. The molecule has 0 aromatic heterocycles. The molecule has 0 bridgehead atoms. The molecule has 0 radical (unpaired) electrons. The molecule has 1 unspecified atom stereocenters. The maximum absolute atomic E-state index is 11.0. The second-order valence-corrected chi connectivity index (χ2v) is 3.00. The van der Waals surface area contributed by atoms with Crippen LogP contribution in [-0.2, 0) is 9.53 Å². The predicted molar refractivity (Wildman–Crippen MR) is 44.3 cm³/mol. The van der Waals surface area contributed by atoms with E-state index in [1.807, 2.05) is 0 Å². The lowest BCUT2D eigenvalue weighted by molar-refractivity contribution is -0.142. The van der Waals surface area contributed by atoms with Crippen molar-refractivity contribution in [2.45, 2.75) is 13.3 Å². The van der Waals surface area contributed by atoms with Crippen LogP contribution in [0.1, 0.15) is 13.3 Å². The van der Waals surface area contributed by atoms with Crippen molar-refractivity contribution >= 4 is 12.1 Å². The average molecular weight is 187 g/mol. The van der Waals surface area contributed by atoms with Crippen molar-refractivity contribution in [3.05, 3.63) is 0 Å². The summed E-state index contributed by atoms with van der Waals surface area (Å²) in [5.41, 5.74) is 0. The van der Waals surface area contributed by atoms with Crippen LogP contribution in [0.25, 0.3) is 0 Å². The molecule has 1 aliphatic rings. The third-order valence-electron chi connectivity index (χ3n) is 2.13. The Morgan fingerprint density at radius 1 is 1.77 bits per heavy atom. The number of carboxylic acid groups (broad SMARTS) is 1. The minimum absolute atomic E-state index is 0.255. The number of ether oxygens (including phenoxy) is 1. The Kier molecular flexibility index (Phi) is 3.11. The third kappa shape index (κ3) is 2.34. The second-order valence-electron chi connectivity index (χ2n) is 3.00. The van der Waals surface area contributed by atoms with E-state index in [9.17, 15) is 9.59 Å². The highest BCUT2D eigenvalue weighted by Gasteiger charge is 2.27. The van der Waals surface area contributed by atoms with Crippen molar-refractivity contribution < 1.29 is 19.4 Å². The van der Waals surface area contributed by atoms with E-state index in [1.165, 1.54) is 4.90 Å². The van der Waals surface area contributed by atoms with Gasteiger partial charge in [-0.1, -0.05) is 6.92 Å². The molecule has 0 aliphatic carbocycles. The van der Waals surface area contributed by atoms with Gasteiger partial charge >= 0.3 is 12.1 Å². The topological polar surface area (TPSA) is 66.8 Å². The smallest absolute Gasteiger partial charge is 0.409 e. The van der Waals surface area contributed by atoms with Gasteiger partial charge in [0.15, 0.2) is 0 Å². The molecule has 1 aliphatic heterocycles. The van der Waals surface area contributed by atoms with Gasteiger partial charge in [-0.3, -0.25) is 4.79 Å². The largest absolute Gasteiger partial charge is 0.481 e. The van der Waals surface area contributed by atoms with Crippen molar-refractivity contribution in [3.63, 3.8) is 0 Å². The monoisotopic (exact) mass is 187 g/mol. The van der Waals surface area contributed by atoms with Crippen molar-refractivity contribution in [3.8, 4) is 0 Å². The number of cyclic esters (lactones) is 1. The van der Waals surface area contributed by atoms with Crippen LogP contribution in [0.5, 0.6) is 0 Å². The van der Waals surface area contributed by atoms with Gasteiger partial charge in [-0.2, -0.15) is 0 Å². The first-order valence-electron chi connectivity index (χ1n) is 4.29. The van der Waals surface area contributed by atoms with Crippen molar-refractivity contribution in [2.24, 2.45) is 5.92 Å². The molecule has 1 amide bonds. The molecule has 0 spiro atoms. The Bertz CT molecular complexity index is 216. The third-order valence-corrected chi connectivity index (χ3v) is 2.13. The van der Waals surface area contributed by atoms with Gasteiger partial charge in [-0.05, 0) is 6.42 Å². The zero-order valence-electron chi connectivity index (χ0n) is 7.52. The number of carbonyl (C=O) groups is 2. The molecule has 5 heteroatoms. The Hall–Kier alpha value is -1.26. The summed E-state index contributed by atoms with van der Waals surface area (Å²) in [5.74, 6) is -1.34. The van der Waals surface area contributed by atoms with Crippen LogP contribution in [0.3, 0.4) is 0 Å². The molecular formula is C8H13NO4. The number of nitrogens with zero attached hydrogens (tertiary/aromatic N) is 1. The van der Waals surface area contributed by atoms with Crippen molar-refractivity contribution in [2.75, 3.05) is 19.7 Å². The molecule has 0 saturated carbocycles. The van der Waals surface area contributed by atoms with Crippen LogP contribution in [-0.4, -0.2) is 41.8 Å². The van der Waals surface area contributed by atoms with E-state index < -0.39 is 18.0 Å². The fourth-order valence-electron chi connectivity index (χ4n) is 1.24. The number of hydrogen-bond donors (Lipinski definition) is 1. The zero-order valence-corrected chi connectivity index (χ0v) is 7.52. The molecule has 1 heterocycles. The molecule has 13 heavy (non-hydrogen) atoms. The number of rotatable bonds is 4. The average Bonchev–Trinajstić information content (AvgIpc) is 2.46. The van der Waals surface area contributed by atoms with E-state index in [0.717, 1.165) is 0 Å². The molecule has 5 nitrogen and oxygen atoms in total. The fraction of sp³-hybridized carbons (Fsp3) is 0.750. The number of hydrogen-bond acceptors (Lipinski definition) is 3. The van der Waals surface area contributed by atoms with E-state index in [0.29, 0.717) is 19.6 Å². The second kappa shape index (κ2) is 4.11. The first kappa shape index (κ1) is 9.83. The summed E-state index contributed by atoms with van der Waals surface area (Å²) in [6.07, 6.45) is 0.124. The summed E-state index contributed by atoms with van der Waals surface area (Å²) < 4.78 is 4.68. The number of carbonyl (C=O) groups excluding carboxylic acids is 1. The lowest BCUT2D eigenvalue weighted by Crippen LogP contribution is -2.33. The van der Waals surface area contributed by atoms with Gasteiger partial charge in [-0.15, -0.1) is 0 Å². The van der Waals surface area contributed by atoms with E-state index >= 15 is 0 Å². The van der Waals surface area contributed by atoms with E-state index in [2.05, 4.69) is 4.74 Å². The number of amides is 1. The molecule has 1 atom stereocenters. The summed E-state index contributed by atoms with van der Waals surface area (Å²) in [4.78, 5) is 23.0. The van der Waals surface area contributed by atoms with Crippen LogP contribution in [0, 0.1) is 5.92 Å². The highest BCUT2D eigenvalue weighted by atomic mass is 16.6. The summed E-state index contributed by atoms with van der Waals surface area (Å²) in [7, 11) is 0. The molecule has 0 aromatic rings. The molecule has 74 valence electrons. The minimum Gasteiger partial charge on any atom is -0.481 e. The molecule has 1 saturated heterocycles. The molecule has 1 N–H and O–H groups in total. The minimum atomic E-state index is -0.859. The summed E-state index contributed by atoms with van der Waals surface area (Å²) in [6, 6.07) is 0. The highest BCUT2D eigenvalue weighted by Crippen LogP contribution is 2.10. The molecule has 1 rings (SSSR count). The highest BCUT2D eigenvalue weighted by molar-refractivity contribution is 5.73. The van der Waals surface area contributed by atoms with Gasteiger partial charge in [0.05, 0.1) is 12.5 Å². The first-order chi connectivity index (χ1) is 6.15. The summed E-state index contributed by atoms with van der Waals surface area (Å²) in [5, 5.41) is 8.74. The Labute approximate surface area is 76.3 Å². The maximum Gasteiger partial charge on any atom is 0.409 e. The van der Waals surface area contributed by atoms with Crippen molar-refractivity contribution in [1.82, 2.24) is 4.90 Å². The van der Waals surface area contributed by atoms with Crippen LogP contribution in [0.2, 0.25) is 0 Å². The van der Waals surface area contributed by atoms with E-state index in [-0.39, 0.29) is 6.54 Å². The fourth-order valence-corrected chi connectivity index (χ4v) is 1.24. The predicted octanol–water partition coefficient (Wildman–Crippen LogP) is 0.549. The molecular weight excluding hydrogens is 174 g/mol. The van der Waals surface area contributed by atoms with Gasteiger partial charge in [0.1, 0.15) is 6.61 Å². The lowest BCUT2D eigenvalue weighted by Gasteiger charge is -2.16. The first-order valence-corrected chi connectivity index (χ1v) is 4.29. The van der Waals surface area contributed by atoms with Gasteiger partial charge < -0.3 is 14.7 Å². The molecule has 0 aromatic carbocycles. The van der Waals surface area contributed by atoms with Gasteiger partial charge in [-0.25, -0.2) is 4.79 Å². The maximum atomic E-state index is 11.0. The quantitative estimate of drug-likeness (QED) is 0.697. The Morgan fingerprint density at radius 2 is 2.46 bits per heavy atom. The normalized spacial score (nSPS) is 18.5. The van der Waals surface area contributed by atoms with E-state index in [4.69, 9.17) is 5.11 Å². The van der Waals surface area contributed by atoms with Crippen LogP contribution < -0.4 is 0 Å². The standard InChI is InChI=1S/C8H13NO4/c1-2-6(7(10)11)5-9-3-4-13-8(9)12/h6H,2-5H2,1H3,(H,10,11). The van der Waals surface area contributed by atoms with Crippen molar-refractivity contribution in [1.29, 1.82) is 0 Å². The summed E-state index contributed by atoms with van der Waals surface area (Å²) in [6.45, 7) is 2.92. The lowest BCUT2D eigenvalue weighted by atomic mass is 10.1. The Morgan fingerprint density at radius 3 is 2.85 bits per heavy atom.